The van der Waals surface area contributed by atoms with Gasteiger partial charge in [0.25, 0.3) is 0 Å². The lowest BCUT2D eigenvalue weighted by atomic mass is 10.1. The van der Waals surface area contributed by atoms with Gasteiger partial charge < -0.3 is 10.2 Å². The second kappa shape index (κ2) is 6.60. The molecule has 0 aliphatic carbocycles. The van der Waals surface area contributed by atoms with Crippen LogP contribution in [0.5, 0.6) is 0 Å². The van der Waals surface area contributed by atoms with E-state index in [0.29, 0.717) is 12.1 Å². The number of carbonyl (C=O) groups is 2. The van der Waals surface area contributed by atoms with Gasteiger partial charge in [0.05, 0.1) is 13.0 Å². The normalized spacial score (nSPS) is 12.8. The van der Waals surface area contributed by atoms with E-state index < -0.39 is 5.82 Å². The Labute approximate surface area is 133 Å². The van der Waals surface area contributed by atoms with Crippen LogP contribution in [-0.2, 0) is 22.4 Å². The SMILES string of the molecule is O=C(Cc1ccccc1F)NCC(=O)N1CCc2ccccc21. The summed E-state index contributed by atoms with van der Waals surface area (Å²) in [5.41, 5.74) is 2.36. The first-order valence-corrected chi connectivity index (χ1v) is 7.53. The number of para-hydroxylation sites is 1. The molecule has 2 aromatic carbocycles. The van der Waals surface area contributed by atoms with E-state index in [9.17, 15) is 14.0 Å². The standard InChI is InChI=1S/C18H17FN2O2/c19-15-7-3-1-6-14(15)11-17(22)20-12-18(23)21-10-9-13-5-2-4-8-16(13)21/h1-8H,9-12H2,(H,20,22). The van der Waals surface area contributed by atoms with Gasteiger partial charge in [0, 0.05) is 12.2 Å². The van der Waals surface area contributed by atoms with Crippen molar-refractivity contribution in [3.63, 3.8) is 0 Å². The van der Waals surface area contributed by atoms with E-state index in [1.165, 1.54) is 6.07 Å². The first-order chi connectivity index (χ1) is 11.1. The molecule has 0 saturated carbocycles. The van der Waals surface area contributed by atoms with Gasteiger partial charge in [-0.3, -0.25) is 9.59 Å². The molecule has 0 aromatic heterocycles. The summed E-state index contributed by atoms with van der Waals surface area (Å²) in [5, 5.41) is 2.57. The van der Waals surface area contributed by atoms with Gasteiger partial charge in [0.1, 0.15) is 5.82 Å². The minimum atomic E-state index is -0.414. The van der Waals surface area contributed by atoms with Gasteiger partial charge in [-0.05, 0) is 29.7 Å². The Morgan fingerprint density at radius 3 is 2.65 bits per heavy atom. The van der Waals surface area contributed by atoms with Crippen molar-refractivity contribution in [2.75, 3.05) is 18.0 Å². The lowest BCUT2D eigenvalue weighted by Gasteiger charge is -2.17. The average Bonchev–Trinajstić information content (AvgIpc) is 2.99. The number of nitrogens with one attached hydrogen (secondary N) is 1. The quantitative estimate of drug-likeness (QED) is 0.939. The van der Waals surface area contributed by atoms with Gasteiger partial charge in [-0.15, -0.1) is 0 Å². The molecule has 2 aromatic rings. The lowest BCUT2D eigenvalue weighted by molar-refractivity contribution is -0.124. The average molecular weight is 312 g/mol. The van der Waals surface area contributed by atoms with Gasteiger partial charge in [0.2, 0.25) is 11.8 Å². The fraction of sp³-hybridized carbons (Fsp3) is 0.222. The zero-order chi connectivity index (χ0) is 16.2. The molecule has 0 radical (unpaired) electrons. The van der Waals surface area contributed by atoms with Crippen LogP contribution in [-0.4, -0.2) is 24.9 Å². The minimum absolute atomic E-state index is 0.0729. The van der Waals surface area contributed by atoms with Crippen LogP contribution in [0.25, 0.3) is 0 Å². The Balaban J connectivity index is 1.56. The van der Waals surface area contributed by atoms with Crippen molar-refractivity contribution in [2.24, 2.45) is 0 Å². The van der Waals surface area contributed by atoms with Gasteiger partial charge >= 0.3 is 0 Å². The number of halogens is 1. The topological polar surface area (TPSA) is 49.4 Å². The number of nitrogens with zero attached hydrogens (tertiary/aromatic N) is 1. The van der Waals surface area contributed by atoms with E-state index in [-0.39, 0.29) is 24.8 Å². The fourth-order valence-corrected chi connectivity index (χ4v) is 2.74. The summed E-state index contributed by atoms with van der Waals surface area (Å²) >= 11 is 0. The highest BCUT2D eigenvalue weighted by molar-refractivity contribution is 5.98. The molecule has 0 saturated heterocycles. The molecule has 1 heterocycles. The van der Waals surface area contributed by atoms with Crippen LogP contribution in [0, 0.1) is 5.82 Å². The summed E-state index contributed by atoms with van der Waals surface area (Å²) < 4.78 is 13.5. The Bertz CT molecular complexity index is 745. The predicted molar refractivity (Wildman–Crippen MR) is 85.6 cm³/mol. The van der Waals surface area contributed by atoms with Crippen molar-refractivity contribution < 1.29 is 14.0 Å². The summed E-state index contributed by atoms with van der Waals surface area (Å²) in [6, 6.07) is 13.9. The van der Waals surface area contributed by atoms with Gasteiger partial charge in [-0.25, -0.2) is 4.39 Å². The molecular weight excluding hydrogens is 295 g/mol. The Morgan fingerprint density at radius 2 is 1.83 bits per heavy atom. The van der Waals surface area contributed by atoms with Crippen LogP contribution in [0.4, 0.5) is 10.1 Å². The van der Waals surface area contributed by atoms with Crippen molar-refractivity contribution in [1.29, 1.82) is 0 Å². The summed E-state index contributed by atoms with van der Waals surface area (Å²) in [6.45, 7) is 0.545. The fourth-order valence-electron chi connectivity index (χ4n) is 2.74. The number of fused-ring (bicyclic) bond motifs is 1. The molecule has 2 amide bonds. The molecule has 118 valence electrons. The summed E-state index contributed by atoms with van der Waals surface area (Å²) in [5.74, 6) is -0.935. The van der Waals surface area contributed by atoms with Crippen molar-refractivity contribution in [3.8, 4) is 0 Å². The highest BCUT2D eigenvalue weighted by atomic mass is 19.1. The van der Waals surface area contributed by atoms with Crippen molar-refractivity contribution in [2.45, 2.75) is 12.8 Å². The third-order valence-corrected chi connectivity index (χ3v) is 3.93. The van der Waals surface area contributed by atoms with Crippen LogP contribution in [0.2, 0.25) is 0 Å². The number of rotatable bonds is 4. The lowest BCUT2D eigenvalue weighted by Crippen LogP contribution is -2.40. The van der Waals surface area contributed by atoms with E-state index in [1.807, 2.05) is 24.3 Å². The zero-order valence-corrected chi connectivity index (χ0v) is 12.6. The number of hydrogen-bond donors (Lipinski definition) is 1. The predicted octanol–water partition coefficient (Wildman–Crippen LogP) is 2.07. The molecule has 3 rings (SSSR count). The molecule has 4 nitrogen and oxygen atoms in total. The van der Waals surface area contributed by atoms with E-state index in [4.69, 9.17) is 0 Å². The van der Waals surface area contributed by atoms with E-state index >= 15 is 0 Å². The van der Waals surface area contributed by atoms with E-state index in [1.54, 1.807) is 23.1 Å². The maximum Gasteiger partial charge on any atom is 0.246 e. The summed E-state index contributed by atoms with van der Waals surface area (Å²) in [4.78, 5) is 25.8. The van der Waals surface area contributed by atoms with Crippen LogP contribution >= 0.6 is 0 Å². The van der Waals surface area contributed by atoms with Crippen LogP contribution in [0.15, 0.2) is 48.5 Å². The van der Waals surface area contributed by atoms with Crippen LogP contribution < -0.4 is 10.2 Å². The molecule has 1 aliphatic heterocycles. The number of benzene rings is 2. The zero-order valence-electron chi connectivity index (χ0n) is 12.6. The van der Waals surface area contributed by atoms with Crippen LogP contribution in [0.1, 0.15) is 11.1 Å². The van der Waals surface area contributed by atoms with Crippen molar-refractivity contribution in [3.05, 3.63) is 65.5 Å². The second-order valence-electron chi connectivity index (χ2n) is 5.47. The molecule has 0 fully saturated rings. The van der Waals surface area contributed by atoms with Crippen molar-refractivity contribution >= 4 is 17.5 Å². The number of anilines is 1. The molecule has 23 heavy (non-hydrogen) atoms. The first-order valence-electron chi connectivity index (χ1n) is 7.53. The molecule has 1 aliphatic rings. The molecule has 0 atom stereocenters. The van der Waals surface area contributed by atoms with Gasteiger partial charge in [-0.2, -0.15) is 0 Å². The smallest absolute Gasteiger partial charge is 0.246 e. The maximum atomic E-state index is 13.5. The summed E-state index contributed by atoms with van der Waals surface area (Å²) in [7, 11) is 0. The van der Waals surface area contributed by atoms with Crippen LogP contribution in [0.3, 0.4) is 0 Å². The molecule has 5 heteroatoms. The molecule has 0 unspecified atom stereocenters. The van der Waals surface area contributed by atoms with E-state index in [0.717, 1.165) is 17.7 Å². The molecular formula is C18H17FN2O2. The molecule has 0 bridgehead atoms. The molecule has 0 spiro atoms. The number of hydrogen-bond acceptors (Lipinski definition) is 2. The highest BCUT2D eigenvalue weighted by Crippen LogP contribution is 2.27. The second-order valence-corrected chi connectivity index (χ2v) is 5.47. The third-order valence-electron chi connectivity index (χ3n) is 3.93. The van der Waals surface area contributed by atoms with Crippen molar-refractivity contribution in [1.82, 2.24) is 5.32 Å². The maximum absolute atomic E-state index is 13.5. The molecule has 1 N–H and O–H groups in total. The number of carbonyl (C=O) groups excluding carboxylic acids is 2. The third kappa shape index (κ3) is 3.39. The largest absolute Gasteiger partial charge is 0.347 e. The highest BCUT2D eigenvalue weighted by Gasteiger charge is 2.24. The monoisotopic (exact) mass is 312 g/mol. The Kier molecular flexibility index (Phi) is 4.37. The Hall–Kier alpha value is -2.69. The Morgan fingerprint density at radius 1 is 1.09 bits per heavy atom. The van der Waals surface area contributed by atoms with Gasteiger partial charge in [0.15, 0.2) is 0 Å². The number of amides is 2. The van der Waals surface area contributed by atoms with E-state index in [2.05, 4.69) is 5.32 Å². The minimum Gasteiger partial charge on any atom is -0.347 e. The van der Waals surface area contributed by atoms with Gasteiger partial charge in [-0.1, -0.05) is 36.4 Å². The first kappa shape index (κ1) is 15.2. The summed E-state index contributed by atoms with van der Waals surface area (Å²) in [6.07, 6.45) is 0.752.